The molecule has 0 saturated heterocycles. The Balaban J connectivity index is 1.78. The number of halogens is 6. The summed E-state index contributed by atoms with van der Waals surface area (Å²) in [5.41, 5.74) is -0.464. The van der Waals surface area contributed by atoms with Crippen LogP contribution in [0.4, 0.5) is 26.3 Å². The Morgan fingerprint density at radius 2 is 1.44 bits per heavy atom. The average molecular weight is 422 g/mol. The molecule has 1 amide bonds. The highest BCUT2D eigenvalue weighted by Crippen LogP contribution is 2.60. The van der Waals surface area contributed by atoms with Gasteiger partial charge < -0.3 is 10.6 Å². The van der Waals surface area contributed by atoms with E-state index in [1.54, 1.807) is 0 Å². The molecular formula is C15H18F6NO4S-. The van der Waals surface area contributed by atoms with Gasteiger partial charge in [0.2, 0.25) is 0 Å². The molecule has 0 unspecified atom stereocenters. The monoisotopic (exact) mass is 422 g/mol. The predicted octanol–water partition coefficient (Wildman–Crippen LogP) is 3.05. The van der Waals surface area contributed by atoms with Crippen molar-refractivity contribution in [3.05, 3.63) is 0 Å². The molecule has 4 bridgehead atoms. The van der Waals surface area contributed by atoms with Gasteiger partial charge in [-0.3, -0.25) is 9.83 Å². The number of alkyl halides is 6. The van der Waals surface area contributed by atoms with Crippen molar-refractivity contribution in [3.63, 3.8) is 0 Å². The van der Waals surface area contributed by atoms with Crippen molar-refractivity contribution < 1.29 is 45.8 Å². The van der Waals surface area contributed by atoms with Crippen LogP contribution in [0.1, 0.15) is 38.5 Å². The summed E-state index contributed by atoms with van der Waals surface area (Å²) in [5.74, 6) is -1.07. The Kier molecular flexibility index (Phi) is 5.41. The molecule has 4 aliphatic rings. The molecule has 27 heavy (non-hydrogen) atoms. The van der Waals surface area contributed by atoms with Gasteiger partial charge in [0, 0.05) is 6.54 Å². The van der Waals surface area contributed by atoms with Crippen molar-refractivity contribution in [2.24, 2.45) is 23.2 Å². The van der Waals surface area contributed by atoms with E-state index in [4.69, 9.17) is 0 Å². The Hall–Kier alpha value is -0.720. The van der Waals surface area contributed by atoms with Crippen LogP contribution in [0.25, 0.3) is 0 Å². The third-order valence-electron chi connectivity index (χ3n) is 6.09. The minimum Gasteiger partial charge on any atom is -0.691 e. The molecule has 4 rings (SSSR count). The lowest BCUT2D eigenvalue weighted by Crippen LogP contribution is -2.64. The number of carbonyl (C=O) groups is 1. The minimum absolute atomic E-state index is 0.262. The van der Waals surface area contributed by atoms with Gasteiger partial charge in [-0.2, -0.15) is 30.7 Å². The van der Waals surface area contributed by atoms with Crippen molar-refractivity contribution in [2.75, 3.05) is 6.54 Å². The van der Waals surface area contributed by atoms with E-state index in [1.807, 2.05) is 5.32 Å². The van der Waals surface area contributed by atoms with E-state index in [0.717, 1.165) is 19.3 Å². The van der Waals surface area contributed by atoms with Crippen molar-refractivity contribution in [1.82, 2.24) is 5.32 Å². The fraction of sp³-hybridized carbons (Fsp3) is 0.933. The number of hydrogen-bond acceptors (Lipinski definition) is 5. The maximum absolute atomic E-state index is 13.3. The highest BCUT2D eigenvalue weighted by atomic mass is 32.2. The van der Waals surface area contributed by atoms with Gasteiger partial charge in [0.25, 0.3) is 5.91 Å². The number of amides is 1. The van der Waals surface area contributed by atoms with E-state index in [9.17, 15) is 36.4 Å². The largest absolute Gasteiger partial charge is 0.691 e. The molecule has 1 N–H and O–H groups in total. The zero-order chi connectivity index (χ0) is 20.1. The van der Waals surface area contributed by atoms with Gasteiger partial charge in [-0.1, -0.05) is 0 Å². The normalized spacial score (nSPS) is 33.4. The Labute approximate surface area is 155 Å². The second kappa shape index (κ2) is 6.96. The van der Waals surface area contributed by atoms with Crippen LogP contribution < -0.4 is 10.6 Å². The number of carbonyl (C=O) groups excluding carboxylic acids is 1. The topological polar surface area (TPSA) is 70.6 Å². The van der Waals surface area contributed by atoms with Crippen molar-refractivity contribution >= 4 is 17.9 Å². The first-order valence-electron chi connectivity index (χ1n) is 8.48. The highest BCUT2D eigenvalue weighted by molar-refractivity contribution is 7.97. The summed E-state index contributed by atoms with van der Waals surface area (Å²) in [6.07, 6.45) is -6.93. The Morgan fingerprint density at radius 1 is 1.00 bits per heavy atom. The first kappa shape index (κ1) is 21.0. The second-order valence-corrected chi connectivity index (χ2v) is 8.91. The van der Waals surface area contributed by atoms with Gasteiger partial charge in [-0.15, -0.1) is 0 Å². The molecule has 156 valence electrons. The molecule has 0 radical (unpaired) electrons. The fourth-order valence-corrected chi connectivity index (χ4v) is 5.98. The highest BCUT2D eigenvalue weighted by Gasteiger charge is 2.78. The van der Waals surface area contributed by atoms with E-state index in [2.05, 4.69) is 9.37 Å². The molecule has 0 aromatic carbocycles. The van der Waals surface area contributed by atoms with E-state index in [0.29, 0.717) is 37.0 Å². The third kappa shape index (κ3) is 3.65. The summed E-state index contributed by atoms with van der Waals surface area (Å²) < 4.78 is 78.1. The van der Waals surface area contributed by atoms with Gasteiger partial charge in [0.05, 0.1) is 12.0 Å². The molecule has 0 spiro atoms. The maximum Gasteiger partial charge on any atom is 0.423 e. The molecule has 0 aromatic rings. The molecule has 4 aliphatic carbocycles. The lowest BCUT2D eigenvalue weighted by Gasteiger charge is -2.57. The zero-order valence-electron chi connectivity index (χ0n) is 14.0. The third-order valence-corrected chi connectivity index (χ3v) is 7.12. The van der Waals surface area contributed by atoms with Crippen LogP contribution in [0.5, 0.6) is 0 Å². The summed E-state index contributed by atoms with van der Waals surface area (Å²) in [4.78, 5) is 12.1. The lowest BCUT2D eigenvalue weighted by molar-refractivity contribution is -0.777. The molecule has 4 saturated carbocycles. The van der Waals surface area contributed by atoms with Crippen LogP contribution in [0, 0.1) is 23.2 Å². The minimum atomic E-state index is -6.06. The zero-order valence-corrected chi connectivity index (χ0v) is 14.8. The summed E-state index contributed by atoms with van der Waals surface area (Å²) in [6.45, 7) is -0.262. The maximum atomic E-state index is 13.3. The van der Waals surface area contributed by atoms with Gasteiger partial charge in [-0.25, -0.2) is 0 Å². The summed E-state index contributed by atoms with van der Waals surface area (Å²) in [7, 11) is 0. The van der Waals surface area contributed by atoms with Crippen LogP contribution in [0.15, 0.2) is 0 Å². The van der Waals surface area contributed by atoms with Gasteiger partial charge >= 0.3 is 17.1 Å². The molecular weight excluding hydrogens is 404 g/mol. The van der Waals surface area contributed by atoms with Crippen LogP contribution in [-0.2, 0) is 14.2 Å². The van der Waals surface area contributed by atoms with Gasteiger partial charge in [0.15, 0.2) is 0 Å². The van der Waals surface area contributed by atoms with Crippen molar-refractivity contribution in [3.8, 4) is 0 Å². The van der Waals surface area contributed by atoms with Crippen LogP contribution in [0.3, 0.4) is 0 Å². The van der Waals surface area contributed by atoms with Crippen molar-refractivity contribution in [2.45, 2.75) is 55.6 Å². The van der Waals surface area contributed by atoms with E-state index >= 15 is 0 Å². The van der Waals surface area contributed by atoms with Gasteiger partial charge in [0.1, 0.15) is 0 Å². The van der Waals surface area contributed by atoms with Crippen LogP contribution in [-0.4, -0.2) is 29.6 Å². The molecule has 0 aliphatic heterocycles. The summed E-state index contributed by atoms with van der Waals surface area (Å²) >= 11 is -1.39. The Bertz CT molecular complexity index is 532. The number of nitrogens with one attached hydrogen (secondary N) is 1. The van der Waals surface area contributed by atoms with E-state index < -0.39 is 40.5 Å². The number of hydrogen-bond donors (Lipinski definition) is 1. The molecule has 0 aromatic heterocycles. The van der Waals surface area contributed by atoms with Crippen LogP contribution >= 0.6 is 12.0 Å². The average Bonchev–Trinajstić information content (AvgIpc) is 2.49. The smallest absolute Gasteiger partial charge is 0.423 e. The molecule has 5 nitrogen and oxygen atoms in total. The first-order chi connectivity index (χ1) is 12.4. The first-order valence-corrected chi connectivity index (χ1v) is 9.23. The van der Waals surface area contributed by atoms with Crippen molar-refractivity contribution in [1.29, 1.82) is 0 Å². The fourth-order valence-electron chi connectivity index (χ4n) is 5.51. The predicted molar refractivity (Wildman–Crippen MR) is 78.2 cm³/mol. The molecule has 0 heterocycles. The second-order valence-electron chi connectivity index (χ2n) is 8.00. The standard InChI is InChI=1S/C15H19F6NO4S/c16-14(17,18)13(15(19,20)21,27-26-25-24)11(23)22-7-12-4-8-1-9(5-12)3-10(2-8)6-12/h8-10,24H,1-7H2,(H,22,23)/p-1. The van der Waals surface area contributed by atoms with Gasteiger partial charge in [-0.05, 0) is 61.7 Å². The SMILES string of the molecule is O=C(NCC12CC3CC(CC(C3)C1)C2)C(SOO[O-])(C(F)(F)F)C(F)(F)F. The molecule has 12 heteroatoms. The van der Waals surface area contributed by atoms with Crippen LogP contribution in [0.2, 0.25) is 0 Å². The van der Waals surface area contributed by atoms with E-state index in [1.165, 1.54) is 0 Å². The Morgan fingerprint density at radius 3 is 1.81 bits per heavy atom. The van der Waals surface area contributed by atoms with E-state index in [-0.39, 0.29) is 6.54 Å². The lowest BCUT2D eigenvalue weighted by atomic mass is 9.49. The number of rotatable bonds is 6. The molecule has 0 atom stereocenters. The quantitative estimate of drug-likeness (QED) is 0.308. The summed E-state index contributed by atoms with van der Waals surface area (Å²) in [6, 6.07) is 0. The molecule has 4 fully saturated rings. The summed E-state index contributed by atoms with van der Waals surface area (Å²) in [5, 5.41) is 14.3.